The molecule has 0 aliphatic carbocycles. The van der Waals surface area contributed by atoms with Gasteiger partial charge >= 0.3 is 0 Å². The quantitative estimate of drug-likeness (QED) is 0.379. The molecule has 3 aromatic heterocycles. The molecule has 1 fully saturated rings. The molecule has 4 N–H and O–H groups in total. The molecule has 9 nitrogen and oxygen atoms in total. The van der Waals surface area contributed by atoms with Crippen molar-refractivity contribution in [2.45, 2.75) is 25.3 Å². The summed E-state index contributed by atoms with van der Waals surface area (Å²) in [6.45, 7) is 0.423. The van der Waals surface area contributed by atoms with E-state index in [1.807, 2.05) is 24.4 Å². The molecule has 35 heavy (non-hydrogen) atoms. The largest absolute Gasteiger partial charge is 0.481 e. The number of benzene rings is 1. The summed E-state index contributed by atoms with van der Waals surface area (Å²) in [5.41, 5.74) is 9.27. The molecule has 2 atom stereocenters. The Hall–Kier alpha value is -3.85. The predicted octanol–water partition coefficient (Wildman–Crippen LogP) is 3.56. The van der Waals surface area contributed by atoms with Crippen molar-refractivity contribution < 1.29 is 14.3 Å². The van der Waals surface area contributed by atoms with Gasteiger partial charge in [0.25, 0.3) is 5.91 Å². The van der Waals surface area contributed by atoms with Gasteiger partial charge in [0.1, 0.15) is 0 Å². The number of likely N-dealkylation sites (tertiary alicyclic amines) is 1. The second kappa shape index (κ2) is 9.42. The minimum atomic E-state index is -0.328. The number of pyridine rings is 1. The number of hydrogen-bond donors (Lipinski definition) is 3. The van der Waals surface area contributed by atoms with Gasteiger partial charge in [-0.05, 0) is 43.0 Å². The molecular formula is C25H25ClN6O3. The molecule has 0 bridgehead atoms. The SMILES string of the molecule is COc1cc(-c2cc(C(=O)N3CCC(C(N)=O)CC3Cc3cccc4[nH]ccc34)n[nH]2)c(Cl)cn1. The van der Waals surface area contributed by atoms with Crippen LogP contribution in [0.2, 0.25) is 5.02 Å². The highest BCUT2D eigenvalue weighted by atomic mass is 35.5. The normalized spacial score (nSPS) is 18.1. The fourth-order valence-corrected chi connectivity index (χ4v) is 5.01. The molecule has 2 unspecified atom stereocenters. The standard InChI is InChI=1S/C25H25ClN6O3/c1-35-23-11-18(19(26)13-29-23)21-12-22(31-30-21)25(34)32-8-6-15(24(27)33)10-16(32)9-14-3-2-4-20-17(14)5-7-28-20/h2-5,7,11-13,15-16,28H,6,8-10H2,1H3,(H2,27,33)(H,30,31). The van der Waals surface area contributed by atoms with Crippen molar-refractivity contribution in [3.63, 3.8) is 0 Å². The molecule has 1 aromatic carbocycles. The van der Waals surface area contributed by atoms with Gasteiger partial charge in [0.2, 0.25) is 11.8 Å². The summed E-state index contributed by atoms with van der Waals surface area (Å²) in [5, 5.41) is 8.68. The molecule has 0 radical (unpaired) electrons. The van der Waals surface area contributed by atoms with E-state index in [2.05, 4.69) is 26.2 Å². The molecule has 1 aliphatic rings. The third-order valence-electron chi connectivity index (χ3n) is 6.65. The van der Waals surface area contributed by atoms with Crippen LogP contribution in [0.5, 0.6) is 5.88 Å². The molecular weight excluding hydrogens is 468 g/mol. The van der Waals surface area contributed by atoms with Crippen LogP contribution >= 0.6 is 11.6 Å². The van der Waals surface area contributed by atoms with E-state index in [0.717, 1.165) is 16.5 Å². The van der Waals surface area contributed by atoms with Crippen molar-refractivity contribution in [3.8, 4) is 17.1 Å². The summed E-state index contributed by atoms with van der Waals surface area (Å²) in [7, 11) is 1.52. The lowest BCUT2D eigenvalue weighted by molar-refractivity contribution is -0.123. The Morgan fingerprint density at radius 2 is 2.14 bits per heavy atom. The minimum absolute atomic E-state index is 0.195. The van der Waals surface area contributed by atoms with Crippen molar-refractivity contribution in [2.24, 2.45) is 11.7 Å². The number of hydrogen-bond acceptors (Lipinski definition) is 5. The average Bonchev–Trinajstić information content (AvgIpc) is 3.54. The fraction of sp³-hybridized carbons (Fsp3) is 0.280. The van der Waals surface area contributed by atoms with Crippen LogP contribution in [0.1, 0.15) is 28.9 Å². The Labute approximate surface area is 206 Å². The Morgan fingerprint density at radius 3 is 2.94 bits per heavy atom. The van der Waals surface area contributed by atoms with Gasteiger partial charge < -0.3 is 20.4 Å². The lowest BCUT2D eigenvalue weighted by Crippen LogP contribution is -2.49. The second-order valence-corrected chi connectivity index (χ2v) is 9.12. The number of halogens is 1. The first-order chi connectivity index (χ1) is 16.9. The number of carbonyl (C=O) groups excluding carboxylic acids is 2. The summed E-state index contributed by atoms with van der Waals surface area (Å²) in [5.74, 6) is -0.407. The lowest BCUT2D eigenvalue weighted by Gasteiger charge is -2.38. The molecule has 2 amide bonds. The van der Waals surface area contributed by atoms with Crippen molar-refractivity contribution in [1.29, 1.82) is 0 Å². The van der Waals surface area contributed by atoms with Crippen molar-refractivity contribution in [1.82, 2.24) is 25.1 Å². The van der Waals surface area contributed by atoms with Crippen LogP contribution in [-0.2, 0) is 11.2 Å². The van der Waals surface area contributed by atoms with E-state index in [-0.39, 0.29) is 29.5 Å². The number of nitrogens with one attached hydrogen (secondary N) is 2. The van der Waals surface area contributed by atoms with Crippen molar-refractivity contribution in [2.75, 3.05) is 13.7 Å². The Kier molecular flexibility index (Phi) is 6.17. The van der Waals surface area contributed by atoms with Gasteiger partial charge in [-0.1, -0.05) is 23.7 Å². The highest BCUT2D eigenvalue weighted by molar-refractivity contribution is 6.33. The number of rotatable bonds is 6. The Morgan fingerprint density at radius 1 is 1.29 bits per heavy atom. The summed E-state index contributed by atoms with van der Waals surface area (Å²) in [4.78, 5) is 34.7. The average molecular weight is 493 g/mol. The van der Waals surface area contributed by atoms with Crippen LogP contribution in [0.25, 0.3) is 22.2 Å². The van der Waals surface area contributed by atoms with Crippen LogP contribution < -0.4 is 10.5 Å². The van der Waals surface area contributed by atoms with Crippen LogP contribution in [0.4, 0.5) is 0 Å². The number of methoxy groups -OCH3 is 1. The third-order valence-corrected chi connectivity index (χ3v) is 6.95. The summed E-state index contributed by atoms with van der Waals surface area (Å²) in [6.07, 6.45) is 5.03. The highest BCUT2D eigenvalue weighted by Crippen LogP contribution is 2.31. The first-order valence-corrected chi connectivity index (χ1v) is 11.7. The molecule has 1 aliphatic heterocycles. The fourth-order valence-electron chi connectivity index (χ4n) is 4.81. The molecule has 10 heteroatoms. The first-order valence-electron chi connectivity index (χ1n) is 11.3. The first kappa shape index (κ1) is 22.9. The summed E-state index contributed by atoms with van der Waals surface area (Å²) in [6, 6.07) is 11.2. The van der Waals surface area contributed by atoms with Crippen LogP contribution in [0, 0.1) is 5.92 Å². The predicted molar refractivity (Wildman–Crippen MR) is 132 cm³/mol. The van der Waals surface area contributed by atoms with E-state index < -0.39 is 0 Å². The number of amides is 2. The van der Waals surface area contributed by atoms with E-state index in [1.165, 1.54) is 13.3 Å². The van der Waals surface area contributed by atoms with E-state index in [9.17, 15) is 9.59 Å². The van der Waals surface area contributed by atoms with Crippen molar-refractivity contribution >= 4 is 34.3 Å². The number of nitrogens with two attached hydrogens (primary N) is 1. The van der Waals surface area contributed by atoms with Gasteiger partial charge in [-0.3, -0.25) is 14.7 Å². The van der Waals surface area contributed by atoms with E-state index >= 15 is 0 Å². The molecule has 0 saturated carbocycles. The number of aromatic nitrogens is 4. The lowest BCUT2D eigenvalue weighted by atomic mass is 9.86. The van der Waals surface area contributed by atoms with Crippen LogP contribution in [0.3, 0.4) is 0 Å². The third kappa shape index (κ3) is 4.46. The van der Waals surface area contributed by atoms with Gasteiger partial charge in [-0.15, -0.1) is 0 Å². The number of carbonyl (C=O) groups is 2. The summed E-state index contributed by atoms with van der Waals surface area (Å²) < 4.78 is 5.19. The van der Waals surface area contributed by atoms with Crippen molar-refractivity contribution in [3.05, 3.63) is 65.1 Å². The number of H-pyrrole nitrogens is 2. The van der Waals surface area contributed by atoms with E-state index in [0.29, 0.717) is 48.0 Å². The Balaban J connectivity index is 1.44. The molecule has 4 heterocycles. The molecule has 180 valence electrons. The van der Waals surface area contributed by atoms with Crippen LogP contribution in [0.15, 0.2) is 48.8 Å². The molecule has 4 aromatic rings. The maximum atomic E-state index is 13.6. The second-order valence-electron chi connectivity index (χ2n) is 8.71. The number of nitrogens with zero attached hydrogens (tertiary/aromatic N) is 3. The number of aromatic amines is 2. The minimum Gasteiger partial charge on any atom is -0.481 e. The topological polar surface area (TPSA) is 130 Å². The van der Waals surface area contributed by atoms with Gasteiger partial charge in [0, 0.05) is 47.2 Å². The molecule has 5 rings (SSSR count). The summed E-state index contributed by atoms with van der Waals surface area (Å²) >= 11 is 6.32. The number of piperidine rings is 1. The highest BCUT2D eigenvalue weighted by Gasteiger charge is 2.35. The van der Waals surface area contributed by atoms with Crippen LogP contribution in [-0.4, -0.2) is 56.6 Å². The zero-order valence-corrected chi connectivity index (χ0v) is 19.9. The monoisotopic (exact) mass is 492 g/mol. The van der Waals surface area contributed by atoms with E-state index in [1.54, 1.807) is 17.0 Å². The molecule has 1 saturated heterocycles. The van der Waals surface area contributed by atoms with E-state index in [4.69, 9.17) is 22.1 Å². The zero-order chi connectivity index (χ0) is 24.5. The number of ether oxygens (including phenoxy) is 1. The Bertz CT molecular complexity index is 1400. The van der Waals surface area contributed by atoms with Gasteiger partial charge in [-0.25, -0.2) is 4.98 Å². The van der Waals surface area contributed by atoms with Gasteiger partial charge in [0.05, 0.1) is 24.0 Å². The van der Waals surface area contributed by atoms with Gasteiger partial charge in [-0.2, -0.15) is 5.10 Å². The number of fused-ring (bicyclic) bond motifs is 1. The maximum Gasteiger partial charge on any atom is 0.274 e. The smallest absolute Gasteiger partial charge is 0.274 e. The molecule has 0 spiro atoms. The zero-order valence-electron chi connectivity index (χ0n) is 19.1. The number of primary amides is 1. The van der Waals surface area contributed by atoms with Gasteiger partial charge in [0.15, 0.2) is 5.69 Å². The maximum absolute atomic E-state index is 13.6.